The molecule has 1 aromatic heterocycles. The van der Waals surface area contributed by atoms with Crippen LogP contribution in [0.15, 0.2) is 18.2 Å². The van der Waals surface area contributed by atoms with Crippen LogP contribution in [0.1, 0.15) is 45.7 Å². The Morgan fingerprint density at radius 3 is 2.64 bits per heavy atom. The summed E-state index contributed by atoms with van der Waals surface area (Å²) in [6, 6.07) is 4.97. The largest absolute Gasteiger partial charge is 0.478 e. The molecule has 1 heterocycles. The Bertz CT molecular complexity index is 835. The van der Waals surface area contributed by atoms with Crippen molar-refractivity contribution in [3.63, 3.8) is 0 Å². The quantitative estimate of drug-likeness (QED) is 0.845. The number of carbonyl (C=O) groups excluding carboxylic acids is 1. The van der Waals surface area contributed by atoms with Crippen LogP contribution in [-0.4, -0.2) is 26.8 Å². The lowest BCUT2D eigenvalue weighted by Crippen LogP contribution is -2.17. The molecule has 132 valence electrons. The number of amides is 1. The fraction of sp³-hybridized carbons (Fsp3) is 0.421. The summed E-state index contributed by atoms with van der Waals surface area (Å²) in [6.45, 7) is 6.63. The summed E-state index contributed by atoms with van der Waals surface area (Å²) in [5, 5.41) is 16.6. The monoisotopic (exact) mass is 341 g/mol. The van der Waals surface area contributed by atoms with E-state index in [9.17, 15) is 14.7 Å². The lowest BCUT2D eigenvalue weighted by molar-refractivity contribution is -0.115. The summed E-state index contributed by atoms with van der Waals surface area (Å²) < 4.78 is 1.99. The fourth-order valence-electron chi connectivity index (χ4n) is 3.01. The maximum atomic E-state index is 12.4. The number of hydrogen-bond acceptors (Lipinski definition) is 3. The minimum Gasteiger partial charge on any atom is -0.478 e. The summed E-state index contributed by atoms with van der Waals surface area (Å²) in [4.78, 5) is 23.8. The maximum Gasteiger partial charge on any atom is 0.337 e. The first-order valence-electron chi connectivity index (χ1n) is 8.52. The number of carboxylic acid groups (broad SMARTS) is 1. The molecule has 1 aliphatic rings. The Balaban J connectivity index is 1.75. The SMILES string of the molecule is Cc1ccc(NC(=O)Cc2c(C)nn(CC3CC3)c2C)c(C(=O)O)c1. The van der Waals surface area contributed by atoms with Gasteiger partial charge in [0.15, 0.2) is 0 Å². The molecular weight excluding hydrogens is 318 g/mol. The Hall–Kier alpha value is -2.63. The van der Waals surface area contributed by atoms with E-state index in [4.69, 9.17) is 0 Å². The molecule has 0 spiro atoms. The van der Waals surface area contributed by atoms with E-state index in [2.05, 4.69) is 10.4 Å². The number of hydrogen-bond donors (Lipinski definition) is 2. The van der Waals surface area contributed by atoms with Crippen LogP contribution in [0.5, 0.6) is 0 Å². The van der Waals surface area contributed by atoms with Crippen molar-refractivity contribution in [2.75, 3.05) is 5.32 Å². The van der Waals surface area contributed by atoms with Crippen LogP contribution >= 0.6 is 0 Å². The first kappa shape index (κ1) is 17.2. The Labute approximate surface area is 146 Å². The molecule has 1 fully saturated rings. The molecule has 1 aromatic carbocycles. The number of nitrogens with one attached hydrogen (secondary N) is 1. The molecule has 0 saturated heterocycles. The predicted molar refractivity (Wildman–Crippen MR) is 94.9 cm³/mol. The molecule has 1 amide bonds. The predicted octanol–water partition coefficient (Wildman–Crippen LogP) is 3.10. The number of carboxylic acids is 1. The van der Waals surface area contributed by atoms with Crippen LogP contribution in [0.2, 0.25) is 0 Å². The molecule has 6 heteroatoms. The minimum absolute atomic E-state index is 0.103. The zero-order valence-corrected chi connectivity index (χ0v) is 14.8. The second-order valence-electron chi connectivity index (χ2n) is 6.85. The second kappa shape index (κ2) is 6.70. The second-order valence-corrected chi connectivity index (χ2v) is 6.85. The first-order valence-corrected chi connectivity index (χ1v) is 8.52. The van der Waals surface area contributed by atoms with E-state index in [1.54, 1.807) is 18.2 Å². The zero-order valence-electron chi connectivity index (χ0n) is 14.8. The molecule has 0 unspecified atom stereocenters. The number of carbonyl (C=O) groups is 2. The van der Waals surface area contributed by atoms with E-state index in [0.29, 0.717) is 11.6 Å². The van der Waals surface area contributed by atoms with Gasteiger partial charge in [-0.15, -0.1) is 0 Å². The van der Waals surface area contributed by atoms with E-state index in [0.717, 1.165) is 29.1 Å². The summed E-state index contributed by atoms with van der Waals surface area (Å²) in [5.74, 6) is -0.572. The van der Waals surface area contributed by atoms with Crippen molar-refractivity contribution in [2.24, 2.45) is 5.92 Å². The van der Waals surface area contributed by atoms with Crippen molar-refractivity contribution >= 4 is 17.6 Å². The third kappa shape index (κ3) is 3.90. The standard InChI is InChI=1S/C19H23N3O3/c1-11-4-7-17(16(8-11)19(24)25)20-18(23)9-15-12(2)21-22(13(15)3)10-14-5-6-14/h4,7-8,14H,5-6,9-10H2,1-3H3,(H,20,23)(H,24,25). The molecule has 1 saturated carbocycles. The molecule has 1 aliphatic carbocycles. The van der Waals surface area contributed by atoms with E-state index in [1.165, 1.54) is 12.8 Å². The van der Waals surface area contributed by atoms with E-state index in [1.807, 2.05) is 25.5 Å². The van der Waals surface area contributed by atoms with Gasteiger partial charge in [-0.2, -0.15) is 5.10 Å². The van der Waals surface area contributed by atoms with E-state index >= 15 is 0 Å². The highest BCUT2D eigenvalue weighted by molar-refractivity contribution is 6.01. The van der Waals surface area contributed by atoms with Crippen molar-refractivity contribution in [1.29, 1.82) is 0 Å². The van der Waals surface area contributed by atoms with Crippen molar-refractivity contribution < 1.29 is 14.7 Å². The topological polar surface area (TPSA) is 84.2 Å². The highest BCUT2D eigenvalue weighted by Crippen LogP contribution is 2.31. The van der Waals surface area contributed by atoms with Crippen LogP contribution in [0.3, 0.4) is 0 Å². The van der Waals surface area contributed by atoms with Crippen molar-refractivity contribution in [3.8, 4) is 0 Å². The third-order valence-corrected chi connectivity index (χ3v) is 4.68. The lowest BCUT2D eigenvalue weighted by Gasteiger charge is -2.10. The van der Waals surface area contributed by atoms with Gasteiger partial charge >= 0.3 is 5.97 Å². The number of benzene rings is 1. The van der Waals surface area contributed by atoms with Gasteiger partial charge in [0.1, 0.15) is 0 Å². The highest BCUT2D eigenvalue weighted by Gasteiger charge is 2.24. The number of aromatic carboxylic acids is 1. The lowest BCUT2D eigenvalue weighted by atomic mass is 10.1. The normalized spacial score (nSPS) is 13.7. The van der Waals surface area contributed by atoms with Crippen LogP contribution in [0, 0.1) is 26.7 Å². The van der Waals surface area contributed by atoms with Crippen LogP contribution < -0.4 is 5.32 Å². The fourth-order valence-corrected chi connectivity index (χ4v) is 3.01. The number of aromatic nitrogens is 2. The molecule has 2 N–H and O–H groups in total. The van der Waals surface area contributed by atoms with Gasteiger partial charge in [-0.3, -0.25) is 9.48 Å². The van der Waals surface area contributed by atoms with E-state index in [-0.39, 0.29) is 17.9 Å². The Kier molecular flexibility index (Phi) is 4.61. The highest BCUT2D eigenvalue weighted by atomic mass is 16.4. The molecule has 6 nitrogen and oxygen atoms in total. The van der Waals surface area contributed by atoms with Gasteiger partial charge in [-0.1, -0.05) is 11.6 Å². The molecule has 0 atom stereocenters. The van der Waals surface area contributed by atoms with Gasteiger partial charge in [0.25, 0.3) is 0 Å². The van der Waals surface area contributed by atoms with Gasteiger partial charge in [0.05, 0.1) is 23.4 Å². The van der Waals surface area contributed by atoms with Crippen LogP contribution in [0.25, 0.3) is 0 Å². The van der Waals surface area contributed by atoms with Crippen molar-refractivity contribution in [3.05, 3.63) is 46.3 Å². The number of nitrogens with zero attached hydrogens (tertiary/aromatic N) is 2. The Morgan fingerprint density at radius 1 is 1.28 bits per heavy atom. The smallest absolute Gasteiger partial charge is 0.337 e. The first-order chi connectivity index (χ1) is 11.8. The van der Waals surface area contributed by atoms with Gasteiger partial charge in [0, 0.05) is 17.8 Å². The van der Waals surface area contributed by atoms with Gasteiger partial charge in [-0.25, -0.2) is 4.79 Å². The van der Waals surface area contributed by atoms with Gasteiger partial charge in [-0.05, 0) is 51.7 Å². The average Bonchev–Trinajstić information content (AvgIpc) is 3.32. The molecule has 25 heavy (non-hydrogen) atoms. The molecule has 3 rings (SSSR count). The summed E-state index contributed by atoms with van der Waals surface area (Å²) in [5.41, 5.74) is 4.05. The molecule has 0 radical (unpaired) electrons. The van der Waals surface area contributed by atoms with Crippen LogP contribution in [0.4, 0.5) is 5.69 Å². The van der Waals surface area contributed by atoms with Crippen molar-refractivity contribution in [1.82, 2.24) is 9.78 Å². The van der Waals surface area contributed by atoms with Gasteiger partial charge < -0.3 is 10.4 Å². The molecule has 0 bridgehead atoms. The minimum atomic E-state index is -1.05. The summed E-state index contributed by atoms with van der Waals surface area (Å²) >= 11 is 0. The van der Waals surface area contributed by atoms with Crippen LogP contribution in [-0.2, 0) is 17.8 Å². The number of rotatable bonds is 6. The molecular formula is C19H23N3O3. The maximum absolute atomic E-state index is 12.4. The number of anilines is 1. The Morgan fingerprint density at radius 2 is 2.00 bits per heavy atom. The summed E-state index contributed by atoms with van der Waals surface area (Å²) in [7, 11) is 0. The average molecular weight is 341 g/mol. The van der Waals surface area contributed by atoms with E-state index < -0.39 is 5.97 Å². The van der Waals surface area contributed by atoms with Gasteiger partial charge in [0.2, 0.25) is 5.91 Å². The third-order valence-electron chi connectivity index (χ3n) is 4.68. The van der Waals surface area contributed by atoms with Crippen molar-refractivity contribution in [2.45, 2.75) is 46.6 Å². The molecule has 2 aromatic rings. The summed E-state index contributed by atoms with van der Waals surface area (Å²) in [6.07, 6.45) is 2.69. The number of aryl methyl sites for hydroxylation is 2. The zero-order chi connectivity index (χ0) is 18.1. The molecule has 0 aliphatic heterocycles.